The zero-order chi connectivity index (χ0) is 7.40. The highest BCUT2D eigenvalue weighted by Gasteiger charge is 2.00. The van der Waals surface area contributed by atoms with Crippen LogP contribution in [0.2, 0.25) is 0 Å². The van der Waals surface area contributed by atoms with Gasteiger partial charge in [0.15, 0.2) is 0 Å². The van der Waals surface area contributed by atoms with Crippen LogP contribution in [0, 0.1) is 0 Å². The van der Waals surface area contributed by atoms with Gasteiger partial charge >= 0.3 is 0 Å². The van der Waals surface area contributed by atoms with E-state index in [0.717, 1.165) is 6.61 Å². The van der Waals surface area contributed by atoms with Crippen molar-refractivity contribution in [2.45, 2.75) is 13.0 Å². The van der Waals surface area contributed by atoms with Gasteiger partial charge in [-0.25, -0.2) is 4.98 Å². The fourth-order valence-electron chi connectivity index (χ4n) is 0.857. The van der Waals surface area contributed by atoms with Crippen LogP contribution in [0.3, 0.4) is 0 Å². The Kier molecular flexibility index (Phi) is 2.45. The van der Waals surface area contributed by atoms with Gasteiger partial charge in [-0.2, -0.15) is 0 Å². The smallest absolute Gasteiger partial charge is 0.0949 e. The summed E-state index contributed by atoms with van der Waals surface area (Å²) in [4.78, 5) is 3.93. The van der Waals surface area contributed by atoms with Crippen LogP contribution in [0.1, 0.15) is 13.0 Å². The van der Waals surface area contributed by atoms with E-state index >= 15 is 0 Å². The second-order valence-corrected chi connectivity index (χ2v) is 2.31. The number of imidazole rings is 1. The summed E-state index contributed by atoms with van der Waals surface area (Å²) in [6.07, 6.45) is 5.50. The van der Waals surface area contributed by atoms with E-state index in [0.29, 0.717) is 6.04 Å². The van der Waals surface area contributed by atoms with Gasteiger partial charge in [-0.15, -0.1) is 0 Å². The molecular weight excluding hydrogens is 128 g/mol. The fourth-order valence-corrected chi connectivity index (χ4v) is 0.857. The van der Waals surface area contributed by atoms with E-state index in [1.54, 1.807) is 19.6 Å². The number of methoxy groups -OCH3 is 1. The van der Waals surface area contributed by atoms with Gasteiger partial charge in [0.25, 0.3) is 0 Å². The third kappa shape index (κ3) is 1.57. The highest BCUT2D eigenvalue weighted by Crippen LogP contribution is 2.02. The van der Waals surface area contributed by atoms with Crippen molar-refractivity contribution >= 4 is 0 Å². The summed E-state index contributed by atoms with van der Waals surface area (Å²) in [5.41, 5.74) is 0. The summed E-state index contributed by atoms with van der Waals surface area (Å²) in [5, 5.41) is 0. The van der Waals surface area contributed by atoms with Gasteiger partial charge in [0.05, 0.1) is 19.0 Å². The van der Waals surface area contributed by atoms with Gasteiger partial charge in [-0.05, 0) is 6.92 Å². The van der Waals surface area contributed by atoms with Crippen LogP contribution in [-0.2, 0) is 4.74 Å². The number of hydrogen-bond donors (Lipinski definition) is 0. The molecule has 0 aliphatic heterocycles. The van der Waals surface area contributed by atoms with E-state index in [4.69, 9.17) is 4.74 Å². The first kappa shape index (κ1) is 7.28. The first-order chi connectivity index (χ1) is 4.84. The van der Waals surface area contributed by atoms with Crippen LogP contribution >= 0.6 is 0 Å². The van der Waals surface area contributed by atoms with Gasteiger partial charge in [-0.3, -0.25) is 0 Å². The van der Waals surface area contributed by atoms with Gasteiger partial charge < -0.3 is 9.30 Å². The molecule has 1 atom stereocenters. The van der Waals surface area contributed by atoms with Crippen molar-refractivity contribution in [3.05, 3.63) is 18.7 Å². The lowest BCUT2D eigenvalue weighted by molar-refractivity contribution is 0.162. The number of hydrogen-bond acceptors (Lipinski definition) is 2. The highest BCUT2D eigenvalue weighted by molar-refractivity contribution is 4.78. The monoisotopic (exact) mass is 140 g/mol. The molecule has 1 aromatic rings. The van der Waals surface area contributed by atoms with Crippen molar-refractivity contribution < 1.29 is 4.74 Å². The van der Waals surface area contributed by atoms with Crippen molar-refractivity contribution in [3.8, 4) is 0 Å². The largest absolute Gasteiger partial charge is 0.383 e. The van der Waals surface area contributed by atoms with Crippen molar-refractivity contribution in [2.24, 2.45) is 0 Å². The normalized spacial score (nSPS) is 13.4. The molecule has 0 amide bonds. The Bertz CT molecular complexity index is 172. The average molecular weight is 140 g/mol. The molecular formula is C7H12N2O. The Labute approximate surface area is 60.6 Å². The van der Waals surface area contributed by atoms with Crippen molar-refractivity contribution in [1.82, 2.24) is 9.55 Å². The Morgan fingerprint density at radius 1 is 1.70 bits per heavy atom. The Balaban J connectivity index is 2.50. The van der Waals surface area contributed by atoms with Crippen molar-refractivity contribution in [1.29, 1.82) is 0 Å². The molecule has 0 aliphatic carbocycles. The molecule has 0 aliphatic rings. The van der Waals surface area contributed by atoms with Crippen molar-refractivity contribution in [2.75, 3.05) is 13.7 Å². The first-order valence-electron chi connectivity index (χ1n) is 3.31. The summed E-state index contributed by atoms with van der Waals surface area (Å²) in [7, 11) is 1.70. The molecule has 0 saturated carbocycles. The maximum Gasteiger partial charge on any atom is 0.0949 e. The van der Waals surface area contributed by atoms with Gasteiger partial charge in [-0.1, -0.05) is 0 Å². The minimum Gasteiger partial charge on any atom is -0.383 e. The molecule has 0 unspecified atom stereocenters. The standard InChI is InChI=1S/C7H12N2O/c1-7(5-10-2)9-4-3-8-6-9/h3-4,6-7H,5H2,1-2H3/t7-/m1/s1. The topological polar surface area (TPSA) is 27.1 Å². The molecule has 0 N–H and O–H groups in total. The molecule has 1 rings (SSSR count). The Morgan fingerprint density at radius 3 is 3.00 bits per heavy atom. The van der Waals surface area contributed by atoms with Crippen LogP contribution in [0.5, 0.6) is 0 Å². The van der Waals surface area contributed by atoms with Gasteiger partial charge in [0, 0.05) is 19.5 Å². The predicted molar refractivity (Wildman–Crippen MR) is 38.8 cm³/mol. The molecule has 10 heavy (non-hydrogen) atoms. The van der Waals surface area contributed by atoms with Gasteiger partial charge in [0.2, 0.25) is 0 Å². The van der Waals surface area contributed by atoms with Crippen LogP contribution in [0.4, 0.5) is 0 Å². The molecule has 56 valence electrons. The van der Waals surface area contributed by atoms with Crippen LogP contribution in [0.25, 0.3) is 0 Å². The van der Waals surface area contributed by atoms with E-state index in [1.807, 2.05) is 10.8 Å². The molecule has 0 spiro atoms. The van der Waals surface area contributed by atoms with Crippen LogP contribution in [0.15, 0.2) is 18.7 Å². The number of aromatic nitrogens is 2. The highest BCUT2D eigenvalue weighted by atomic mass is 16.5. The predicted octanol–water partition coefficient (Wildman–Crippen LogP) is 1.09. The fraction of sp³-hybridized carbons (Fsp3) is 0.571. The third-order valence-electron chi connectivity index (χ3n) is 1.44. The van der Waals surface area contributed by atoms with E-state index < -0.39 is 0 Å². The molecule has 0 radical (unpaired) electrons. The summed E-state index contributed by atoms with van der Waals surface area (Å²) in [5.74, 6) is 0. The second-order valence-electron chi connectivity index (χ2n) is 2.31. The maximum absolute atomic E-state index is 4.98. The van der Waals surface area contributed by atoms with E-state index in [9.17, 15) is 0 Å². The number of nitrogens with zero attached hydrogens (tertiary/aromatic N) is 2. The van der Waals surface area contributed by atoms with Crippen LogP contribution in [-0.4, -0.2) is 23.3 Å². The third-order valence-corrected chi connectivity index (χ3v) is 1.44. The Morgan fingerprint density at radius 2 is 2.50 bits per heavy atom. The van der Waals surface area contributed by atoms with Crippen LogP contribution < -0.4 is 0 Å². The first-order valence-corrected chi connectivity index (χ1v) is 3.31. The lowest BCUT2D eigenvalue weighted by Gasteiger charge is -2.10. The molecule has 1 aromatic heterocycles. The summed E-state index contributed by atoms with van der Waals surface area (Å²) in [6.45, 7) is 2.82. The Hall–Kier alpha value is -0.830. The van der Waals surface area contributed by atoms with E-state index in [1.165, 1.54) is 0 Å². The molecule has 3 heteroatoms. The molecule has 0 saturated heterocycles. The zero-order valence-electron chi connectivity index (χ0n) is 6.32. The van der Waals surface area contributed by atoms with Gasteiger partial charge in [0.1, 0.15) is 0 Å². The minimum absolute atomic E-state index is 0.382. The zero-order valence-corrected chi connectivity index (χ0v) is 6.32. The SMILES string of the molecule is COC[C@@H](C)n1ccnc1. The quantitative estimate of drug-likeness (QED) is 0.628. The lowest BCUT2D eigenvalue weighted by Crippen LogP contribution is -2.08. The molecule has 3 nitrogen and oxygen atoms in total. The molecule has 0 fully saturated rings. The van der Waals surface area contributed by atoms with E-state index in [2.05, 4.69) is 11.9 Å². The number of rotatable bonds is 3. The maximum atomic E-state index is 4.98. The lowest BCUT2D eigenvalue weighted by atomic mass is 10.4. The molecule has 0 aromatic carbocycles. The van der Waals surface area contributed by atoms with E-state index in [-0.39, 0.29) is 0 Å². The second kappa shape index (κ2) is 3.37. The summed E-state index contributed by atoms with van der Waals surface area (Å²) >= 11 is 0. The molecule has 0 bridgehead atoms. The summed E-state index contributed by atoms with van der Waals surface area (Å²) in [6, 6.07) is 0.382. The number of ether oxygens (including phenoxy) is 1. The molecule has 1 heterocycles. The average Bonchev–Trinajstić information content (AvgIpc) is 2.38. The summed E-state index contributed by atoms with van der Waals surface area (Å²) < 4.78 is 7.00. The van der Waals surface area contributed by atoms with Crippen molar-refractivity contribution in [3.63, 3.8) is 0 Å². The minimum atomic E-state index is 0.382.